The van der Waals surface area contributed by atoms with Crippen LogP contribution in [0.1, 0.15) is 29.9 Å². The molecule has 24 heavy (non-hydrogen) atoms. The van der Waals surface area contributed by atoms with Crippen molar-refractivity contribution in [2.75, 3.05) is 5.73 Å². The van der Waals surface area contributed by atoms with Crippen LogP contribution in [0, 0.1) is 10.1 Å². The van der Waals surface area contributed by atoms with E-state index in [9.17, 15) is 10.1 Å². The lowest BCUT2D eigenvalue weighted by atomic mass is 9.80. The number of nitrogen functional groups attached to an aromatic ring is 1. The highest BCUT2D eigenvalue weighted by molar-refractivity contribution is 5.54. The number of benzene rings is 2. The average molecular weight is 321 g/mol. The molecule has 5 heteroatoms. The smallest absolute Gasteiger partial charge is 0.273 e. The lowest BCUT2D eigenvalue weighted by Gasteiger charge is -2.23. The third kappa shape index (κ3) is 3.15. The van der Waals surface area contributed by atoms with Crippen LogP contribution in [0.3, 0.4) is 0 Å². The molecule has 1 atom stereocenters. The number of nitro groups is 1. The van der Waals surface area contributed by atoms with E-state index >= 15 is 0 Å². The standard InChI is InChI=1S/C19H19N3O2/c20-15-9-5-13(6-10-15)19(14-7-11-16(21)12-8-14)17-3-1-2-4-18(17)22(23)24/h1-7,9-11,19H,8,12,20-21H2. The molecule has 2 aromatic carbocycles. The van der Waals surface area contributed by atoms with Crippen LogP contribution in [0.15, 0.2) is 72.0 Å². The van der Waals surface area contributed by atoms with Crippen LogP contribution < -0.4 is 11.5 Å². The predicted molar refractivity (Wildman–Crippen MR) is 95.4 cm³/mol. The van der Waals surface area contributed by atoms with Gasteiger partial charge >= 0.3 is 0 Å². The molecule has 5 nitrogen and oxygen atoms in total. The molecule has 0 bridgehead atoms. The number of nitrogens with two attached hydrogens (primary N) is 2. The summed E-state index contributed by atoms with van der Waals surface area (Å²) in [4.78, 5) is 11.2. The van der Waals surface area contributed by atoms with E-state index in [2.05, 4.69) is 0 Å². The Morgan fingerprint density at radius 2 is 1.67 bits per heavy atom. The second kappa shape index (κ2) is 6.58. The van der Waals surface area contributed by atoms with Crippen LogP contribution in [0.25, 0.3) is 0 Å². The second-order valence-corrected chi connectivity index (χ2v) is 5.90. The lowest BCUT2D eigenvalue weighted by Crippen LogP contribution is -2.11. The number of nitro benzene ring substituents is 1. The van der Waals surface area contributed by atoms with Crippen molar-refractivity contribution in [3.05, 3.63) is 93.2 Å². The molecule has 122 valence electrons. The molecular weight excluding hydrogens is 302 g/mol. The molecule has 3 rings (SSSR count). The van der Waals surface area contributed by atoms with Gasteiger partial charge in [-0.2, -0.15) is 0 Å². The van der Waals surface area contributed by atoms with Gasteiger partial charge in [-0.05, 0) is 36.6 Å². The summed E-state index contributed by atoms with van der Waals surface area (Å²) in [6.45, 7) is 0. The number of para-hydroxylation sites is 1. The maximum atomic E-state index is 11.5. The molecule has 1 aliphatic carbocycles. The topological polar surface area (TPSA) is 95.2 Å². The van der Waals surface area contributed by atoms with Gasteiger partial charge in [0.05, 0.1) is 4.92 Å². The molecule has 4 N–H and O–H groups in total. The largest absolute Gasteiger partial charge is 0.402 e. The Kier molecular flexibility index (Phi) is 4.33. The molecule has 0 aliphatic heterocycles. The van der Waals surface area contributed by atoms with E-state index in [0.29, 0.717) is 11.3 Å². The van der Waals surface area contributed by atoms with Crippen molar-refractivity contribution in [3.8, 4) is 0 Å². The number of hydrogen-bond acceptors (Lipinski definition) is 4. The predicted octanol–water partition coefficient (Wildman–Crippen LogP) is 3.87. The van der Waals surface area contributed by atoms with Crippen molar-refractivity contribution in [1.29, 1.82) is 0 Å². The summed E-state index contributed by atoms with van der Waals surface area (Å²) in [5, 5.41) is 11.5. The molecule has 0 spiro atoms. The minimum atomic E-state index is -0.326. The summed E-state index contributed by atoms with van der Waals surface area (Å²) in [6.07, 6.45) is 5.41. The molecule has 0 fully saturated rings. The molecular formula is C19H19N3O2. The highest BCUT2D eigenvalue weighted by Gasteiger charge is 2.26. The number of allylic oxidation sites excluding steroid dienone is 4. The Morgan fingerprint density at radius 3 is 2.29 bits per heavy atom. The van der Waals surface area contributed by atoms with Gasteiger partial charge in [0.25, 0.3) is 5.69 Å². The van der Waals surface area contributed by atoms with Crippen LogP contribution >= 0.6 is 0 Å². The molecule has 1 unspecified atom stereocenters. The zero-order valence-corrected chi connectivity index (χ0v) is 13.2. The molecule has 1 aliphatic rings. The van der Waals surface area contributed by atoms with Gasteiger partial charge in [0, 0.05) is 28.9 Å². The summed E-state index contributed by atoms with van der Waals surface area (Å²) in [7, 11) is 0. The van der Waals surface area contributed by atoms with Gasteiger partial charge in [-0.3, -0.25) is 10.1 Å². The zero-order chi connectivity index (χ0) is 17.1. The number of nitrogens with zero attached hydrogens (tertiary/aromatic N) is 1. The van der Waals surface area contributed by atoms with E-state index in [1.807, 2.05) is 48.6 Å². The summed E-state index contributed by atoms with van der Waals surface area (Å²) in [6, 6.07) is 14.4. The Morgan fingerprint density at radius 1 is 0.958 bits per heavy atom. The lowest BCUT2D eigenvalue weighted by molar-refractivity contribution is -0.385. The van der Waals surface area contributed by atoms with E-state index < -0.39 is 0 Å². The van der Waals surface area contributed by atoms with Gasteiger partial charge in [0.2, 0.25) is 0 Å². The molecule has 0 saturated heterocycles. The van der Waals surface area contributed by atoms with E-state index in [4.69, 9.17) is 11.5 Å². The van der Waals surface area contributed by atoms with Gasteiger partial charge in [0.15, 0.2) is 0 Å². The van der Waals surface area contributed by atoms with Crippen LogP contribution in [-0.2, 0) is 0 Å². The van der Waals surface area contributed by atoms with Crippen molar-refractivity contribution in [2.24, 2.45) is 5.73 Å². The normalized spacial score (nSPS) is 15.3. The van der Waals surface area contributed by atoms with E-state index in [1.165, 1.54) is 0 Å². The van der Waals surface area contributed by atoms with Gasteiger partial charge < -0.3 is 11.5 Å². The first-order valence-corrected chi connectivity index (χ1v) is 7.80. The first-order chi connectivity index (χ1) is 11.6. The number of rotatable bonds is 4. The fourth-order valence-corrected chi connectivity index (χ4v) is 3.09. The first kappa shape index (κ1) is 15.8. The van der Waals surface area contributed by atoms with Gasteiger partial charge in [0.1, 0.15) is 0 Å². The summed E-state index contributed by atoms with van der Waals surface area (Å²) in [5.74, 6) is -0.184. The van der Waals surface area contributed by atoms with Crippen LogP contribution in [-0.4, -0.2) is 4.92 Å². The molecule has 2 aromatic rings. The van der Waals surface area contributed by atoms with Crippen LogP contribution in [0.5, 0.6) is 0 Å². The molecule has 0 heterocycles. The number of hydrogen-bond donors (Lipinski definition) is 2. The molecule has 0 radical (unpaired) electrons. The van der Waals surface area contributed by atoms with E-state index in [0.717, 1.165) is 29.7 Å². The Labute approximate surface area is 140 Å². The Bertz CT molecular complexity index is 823. The fourth-order valence-electron chi connectivity index (χ4n) is 3.09. The van der Waals surface area contributed by atoms with Crippen molar-refractivity contribution in [3.63, 3.8) is 0 Å². The summed E-state index contributed by atoms with van der Waals surface area (Å²) >= 11 is 0. The number of anilines is 1. The minimum absolute atomic E-state index is 0.128. The Balaban J connectivity index is 2.16. The van der Waals surface area contributed by atoms with Crippen molar-refractivity contribution >= 4 is 11.4 Å². The SMILES string of the molecule is NC1=CC=C(C(c2ccc(N)cc2)c2ccccc2[N+](=O)[O-])CC1. The van der Waals surface area contributed by atoms with E-state index in [-0.39, 0.29) is 16.5 Å². The van der Waals surface area contributed by atoms with Crippen molar-refractivity contribution < 1.29 is 4.92 Å². The Hall–Kier alpha value is -3.08. The maximum Gasteiger partial charge on any atom is 0.273 e. The highest BCUT2D eigenvalue weighted by atomic mass is 16.6. The van der Waals surface area contributed by atoms with E-state index in [1.54, 1.807) is 12.1 Å². The summed E-state index contributed by atoms with van der Waals surface area (Å²) in [5.41, 5.74) is 16.1. The summed E-state index contributed by atoms with van der Waals surface area (Å²) < 4.78 is 0. The monoisotopic (exact) mass is 321 g/mol. The highest BCUT2D eigenvalue weighted by Crippen LogP contribution is 2.40. The second-order valence-electron chi connectivity index (χ2n) is 5.90. The maximum absolute atomic E-state index is 11.5. The first-order valence-electron chi connectivity index (χ1n) is 7.80. The van der Waals surface area contributed by atoms with Crippen LogP contribution in [0.2, 0.25) is 0 Å². The quantitative estimate of drug-likeness (QED) is 0.507. The molecule has 0 amide bonds. The zero-order valence-electron chi connectivity index (χ0n) is 13.2. The third-order valence-corrected chi connectivity index (χ3v) is 4.30. The van der Waals surface area contributed by atoms with Gasteiger partial charge in [-0.1, -0.05) is 42.0 Å². The fraction of sp³-hybridized carbons (Fsp3) is 0.158. The average Bonchev–Trinajstić information content (AvgIpc) is 2.59. The molecule has 0 saturated carbocycles. The van der Waals surface area contributed by atoms with Gasteiger partial charge in [-0.25, -0.2) is 0 Å². The minimum Gasteiger partial charge on any atom is -0.402 e. The van der Waals surface area contributed by atoms with Crippen molar-refractivity contribution in [1.82, 2.24) is 0 Å². The van der Waals surface area contributed by atoms with Crippen molar-refractivity contribution in [2.45, 2.75) is 18.8 Å². The van der Waals surface area contributed by atoms with Gasteiger partial charge in [-0.15, -0.1) is 0 Å². The molecule has 0 aromatic heterocycles. The third-order valence-electron chi connectivity index (χ3n) is 4.30. The van der Waals surface area contributed by atoms with Crippen LogP contribution in [0.4, 0.5) is 11.4 Å².